The molecule has 0 atom stereocenters. The fourth-order valence-corrected chi connectivity index (χ4v) is 2.86. The highest BCUT2D eigenvalue weighted by Gasteiger charge is 2.08. The predicted molar refractivity (Wildman–Crippen MR) is 108 cm³/mol. The summed E-state index contributed by atoms with van der Waals surface area (Å²) in [7, 11) is 4.09. The molecule has 4 heteroatoms. The van der Waals surface area contributed by atoms with Gasteiger partial charge in [0.15, 0.2) is 5.58 Å². The van der Waals surface area contributed by atoms with Crippen molar-refractivity contribution in [1.29, 1.82) is 0 Å². The number of rotatable bonds is 5. The fourth-order valence-electron chi connectivity index (χ4n) is 2.86. The number of nitrogens with zero attached hydrogens (tertiary/aromatic N) is 2. The van der Waals surface area contributed by atoms with Crippen LogP contribution in [0.1, 0.15) is 5.56 Å². The van der Waals surface area contributed by atoms with Crippen LogP contribution in [0.15, 0.2) is 77.2 Å². The monoisotopic (exact) mass is 343 g/mol. The minimum absolute atomic E-state index is 0.650. The van der Waals surface area contributed by atoms with Crippen molar-refractivity contribution < 1.29 is 4.42 Å². The second-order valence-electron chi connectivity index (χ2n) is 6.48. The van der Waals surface area contributed by atoms with Gasteiger partial charge in [-0.25, -0.2) is 4.98 Å². The van der Waals surface area contributed by atoms with Crippen LogP contribution in [0, 0.1) is 0 Å². The van der Waals surface area contributed by atoms with Gasteiger partial charge < -0.3 is 14.6 Å². The Balaban J connectivity index is 1.50. The van der Waals surface area contributed by atoms with Crippen LogP contribution in [-0.4, -0.2) is 19.1 Å². The molecule has 0 radical (unpaired) electrons. The molecule has 0 aliphatic carbocycles. The van der Waals surface area contributed by atoms with Gasteiger partial charge in [0.05, 0.1) is 0 Å². The van der Waals surface area contributed by atoms with E-state index >= 15 is 0 Å². The maximum atomic E-state index is 5.86. The van der Waals surface area contributed by atoms with Crippen LogP contribution in [0.3, 0.4) is 0 Å². The molecule has 4 aromatic rings. The van der Waals surface area contributed by atoms with Gasteiger partial charge in [0.1, 0.15) is 5.52 Å². The van der Waals surface area contributed by atoms with Crippen LogP contribution in [0.4, 0.5) is 11.4 Å². The lowest BCUT2D eigenvalue weighted by Gasteiger charge is -2.13. The maximum absolute atomic E-state index is 5.86. The largest absolute Gasteiger partial charge is 0.436 e. The molecule has 4 nitrogen and oxygen atoms in total. The van der Waals surface area contributed by atoms with Crippen molar-refractivity contribution in [3.05, 3.63) is 78.4 Å². The second kappa shape index (κ2) is 6.92. The normalized spacial score (nSPS) is 10.8. The van der Waals surface area contributed by atoms with Crippen LogP contribution < -0.4 is 10.2 Å². The van der Waals surface area contributed by atoms with Gasteiger partial charge in [-0.05, 0) is 48.0 Å². The highest BCUT2D eigenvalue weighted by atomic mass is 16.3. The molecular formula is C22H21N3O. The molecule has 1 N–H and O–H groups in total. The molecule has 0 bridgehead atoms. The van der Waals surface area contributed by atoms with Gasteiger partial charge in [-0.1, -0.05) is 30.3 Å². The highest BCUT2D eigenvalue weighted by Crippen LogP contribution is 2.26. The summed E-state index contributed by atoms with van der Waals surface area (Å²) in [5.41, 5.74) is 6.11. The van der Waals surface area contributed by atoms with Crippen LogP contribution in [0.25, 0.3) is 22.6 Å². The molecule has 0 unspecified atom stereocenters. The van der Waals surface area contributed by atoms with E-state index in [-0.39, 0.29) is 0 Å². The molecule has 0 saturated heterocycles. The lowest BCUT2D eigenvalue weighted by atomic mass is 10.2. The number of fused-ring (bicyclic) bond motifs is 1. The summed E-state index contributed by atoms with van der Waals surface area (Å²) >= 11 is 0. The average Bonchev–Trinajstić information content (AvgIpc) is 3.11. The Morgan fingerprint density at radius 3 is 2.42 bits per heavy atom. The third-order valence-electron chi connectivity index (χ3n) is 4.36. The Bertz CT molecular complexity index is 1000. The Labute approximate surface area is 153 Å². The van der Waals surface area contributed by atoms with Gasteiger partial charge in [0, 0.05) is 37.6 Å². The zero-order valence-corrected chi connectivity index (χ0v) is 14.9. The number of anilines is 2. The van der Waals surface area contributed by atoms with E-state index in [4.69, 9.17) is 4.42 Å². The van der Waals surface area contributed by atoms with Gasteiger partial charge in [-0.15, -0.1) is 0 Å². The van der Waals surface area contributed by atoms with Gasteiger partial charge in [0.2, 0.25) is 5.89 Å². The zero-order valence-electron chi connectivity index (χ0n) is 14.9. The number of hydrogen-bond acceptors (Lipinski definition) is 4. The molecule has 1 heterocycles. The topological polar surface area (TPSA) is 41.3 Å². The standard InChI is InChI=1S/C22H21N3O/c1-25(2)19-11-8-16(9-12-19)15-23-18-10-13-21-20(14-18)24-22(26-21)17-6-4-3-5-7-17/h3-14,23H,15H2,1-2H3. The SMILES string of the molecule is CN(C)c1ccc(CNc2ccc3oc(-c4ccccc4)nc3c2)cc1. The third kappa shape index (κ3) is 3.40. The first kappa shape index (κ1) is 16.2. The molecule has 0 aliphatic heterocycles. The predicted octanol–water partition coefficient (Wildman–Crippen LogP) is 5.17. The molecule has 0 fully saturated rings. The van der Waals surface area contributed by atoms with E-state index < -0.39 is 0 Å². The summed E-state index contributed by atoms with van der Waals surface area (Å²) in [5.74, 6) is 0.650. The Morgan fingerprint density at radius 2 is 1.69 bits per heavy atom. The average molecular weight is 343 g/mol. The Kier molecular flexibility index (Phi) is 4.32. The summed E-state index contributed by atoms with van der Waals surface area (Å²) < 4.78 is 5.86. The highest BCUT2D eigenvalue weighted by molar-refractivity contribution is 5.80. The van der Waals surface area contributed by atoms with Crippen molar-refractivity contribution in [2.75, 3.05) is 24.3 Å². The van der Waals surface area contributed by atoms with Crippen molar-refractivity contribution in [3.8, 4) is 11.5 Å². The smallest absolute Gasteiger partial charge is 0.227 e. The fraction of sp³-hybridized carbons (Fsp3) is 0.136. The first-order valence-electron chi connectivity index (χ1n) is 8.65. The van der Waals surface area contributed by atoms with Crippen LogP contribution in [-0.2, 0) is 6.54 Å². The number of oxazole rings is 1. The summed E-state index contributed by atoms with van der Waals surface area (Å²) in [6, 6.07) is 24.5. The number of hydrogen-bond donors (Lipinski definition) is 1. The van der Waals surface area contributed by atoms with Crippen molar-refractivity contribution >= 4 is 22.5 Å². The van der Waals surface area contributed by atoms with E-state index in [0.29, 0.717) is 5.89 Å². The first-order valence-corrected chi connectivity index (χ1v) is 8.65. The van der Waals surface area contributed by atoms with Crippen molar-refractivity contribution in [2.24, 2.45) is 0 Å². The molecule has 130 valence electrons. The van der Waals surface area contributed by atoms with E-state index in [0.717, 1.165) is 28.9 Å². The minimum Gasteiger partial charge on any atom is -0.436 e. The van der Waals surface area contributed by atoms with E-state index in [1.165, 1.54) is 11.3 Å². The molecular weight excluding hydrogens is 322 g/mol. The van der Waals surface area contributed by atoms with Gasteiger partial charge in [0.25, 0.3) is 0 Å². The van der Waals surface area contributed by atoms with Gasteiger partial charge >= 0.3 is 0 Å². The Morgan fingerprint density at radius 1 is 0.923 bits per heavy atom. The summed E-state index contributed by atoms with van der Waals surface area (Å²) in [6.45, 7) is 0.766. The second-order valence-corrected chi connectivity index (χ2v) is 6.48. The Hall–Kier alpha value is -3.27. The maximum Gasteiger partial charge on any atom is 0.227 e. The molecule has 1 aromatic heterocycles. The van der Waals surface area contributed by atoms with Crippen LogP contribution in [0.2, 0.25) is 0 Å². The van der Waals surface area contributed by atoms with E-state index in [1.54, 1.807) is 0 Å². The molecule has 3 aromatic carbocycles. The summed E-state index contributed by atoms with van der Waals surface area (Å²) in [6.07, 6.45) is 0. The van der Waals surface area contributed by atoms with Crippen LogP contribution in [0.5, 0.6) is 0 Å². The molecule has 4 rings (SSSR count). The zero-order chi connectivity index (χ0) is 17.9. The van der Waals surface area contributed by atoms with Crippen LogP contribution >= 0.6 is 0 Å². The lowest BCUT2D eigenvalue weighted by Crippen LogP contribution is -2.08. The minimum atomic E-state index is 0.650. The quantitative estimate of drug-likeness (QED) is 0.542. The number of benzene rings is 3. The third-order valence-corrected chi connectivity index (χ3v) is 4.36. The summed E-state index contributed by atoms with van der Waals surface area (Å²) in [5, 5.41) is 3.46. The lowest BCUT2D eigenvalue weighted by molar-refractivity contribution is 0.620. The van der Waals surface area contributed by atoms with Crippen molar-refractivity contribution in [1.82, 2.24) is 4.98 Å². The van der Waals surface area contributed by atoms with E-state index in [2.05, 4.69) is 39.5 Å². The molecule has 0 saturated carbocycles. The molecule has 0 amide bonds. The van der Waals surface area contributed by atoms with E-state index in [1.807, 2.05) is 62.6 Å². The molecule has 26 heavy (non-hydrogen) atoms. The van der Waals surface area contributed by atoms with E-state index in [9.17, 15) is 0 Å². The van der Waals surface area contributed by atoms with Crippen molar-refractivity contribution in [2.45, 2.75) is 6.54 Å². The van der Waals surface area contributed by atoms with Crippen molar-refractivity contribution in [3.63, 3.8) is 0 Å². The number of nitrogens with one attached hydrogen (secondary N) is 1. The summed E-state index contributed by atoms with van der Waals surface area (Å²) in [4.78, 5) is 6.71. The molecule has 0 spiro atoms. The van der Waals surface area contributed by atoms with Gasteiger partial charge in [-0.2, -0.15) is 0 Å². The van der Waals surface area contributed by atoms with Gasteiger partial charge in [-0.3, -0.25) is 0 Å². The molecule has 0 aliphatic rings. The first-order chi connectivity index (χ1) is 12.7. The number of aromatic nitrogens is 1.